The van der Waals surface area contributed by atoms with Gasteiger partial charge >= 0.3 is 0 Å². The van der Waals surface area contributed by atoms with Gasteiger partial charge in [-0.25, -0.2) is 0 Å². The van der Waals surface area contributed by atoms with Crippen LogP contribution in [-0.2, 0) is 29.2 Å². The maximum Gasteiger partial charge on any atom is 0.278 e. The first kappa shape index (κ1) is 24.8. The summed E-state index contributed by atoms with van der Waals surface area (Å²) in [5.74, 6) is -1.28. The number of imide groups is 1. The lowest BCUT2D eigenvalue weighted by atomic mass is 10.1. The molecule has 0 fully saturated rings. The highest BCUT2D eigenvalue weighted by Crippen LogP contribution is 2.25. The summed E-state index contributed by atoms with van der Waals surface area (Å²) < 4.78 is 0. The summed E-state index contributed by atoms with van der Waals surface area (Å²) in [6, 6.07) is 21.1. The molecular formula is C26H20Cl3N3O3. The third-order valence-electron chi connectivity index (χ3n) is 5.45. The van der Waals surface area contributed by atoms with E-state index < -0.39 is 11.8 Å². The smallest absolute Gasteiger partial charge is 0.278 e. The highest BCUT2D eigenvalue weighted by Gasteiger charge is 2.37. The van der Waals surface area contributed by atoms with Gasteiger partial charge in [0.05, 0.1) is 6.54 Å². The second kappa shape index (κ2) is 11.0. The first-order valence-corrected chi connectivity index (χ1v) is 11.8. The molecule has 0 atom stereocenters. The van der Waals surface area contributed by atoms with Gasteiger partial charge in [-0.3, -0.25) is 19.3 Å². The fourth-order valence-corrected chi connectivity index (χ4v) is 4.08. The molecule has 35 heavy (non-hydrogen) atoms. The molecule has 1 aliphatic heterocycles. The van der Waals surface area contributed by atoms with Crippen molar-refractivity contribution < 1.29 is 14.4 Å². The highest BCUT2D eigenvalue weighted by atomic mass is 35.5. The summed E-state index contributed by atoms with van der Waals surface area (Å²) in [7, 11) is 0. The summed E-state index contributed by atoms with van der Waals surface area (Å²) >= 11 is 18.2. The number of carbonyl (C=O) groups excluding carboxylic acids is 3. The van der Waals surface area contributed by atoms with Crippen molar-refractivity contribution in [2.75, 3.05) is 0 Å². The van der Waals surface area contributed by atoms with Crippen molar-refractivity contribution >= 4 is 52.5 Å². The largest absolute Gasteiger partial charge is 0.375 e. The van der Waals surface area contributed by atoms with Gasteiger partial charge in [0.1, 0.15) is 10.7 Å². The van der Waals surface area contributed by atoms with Crippen LogP contribution in [0.25, 0.3) is 0 Å². The molecular weight excluding hydrogens is 509 g/mol. The normalized spacial score (nSPS) is 13.4. The number of amides is 3. The van der Waals surface area contributed by atoms with Crippen LogP contribution >= 0.6 is 34.8 Å². The minimum Gasteiger partial charge on any atom is -0.375 e. The summed E-state index contributed by atoms with van der Waals surface area (Å²) in [5, 5.41) is 6.79. The molecule has 0 unspecified atom stereocenters. The first-order chi connectivity index (χ1) is 16.8. The minimum atomic E-state index is -0.556. The molecule has 0 aromatic heterocycles. The van der Waals surface area contributed by atoms with Crippen LogP contribution in [0.1, 0.15) is 27.0 Å². The van der Waals surface area contributed by atoms with E-state index in [1.165, 1.54) is 0 Å². The molecule has 0 radical (unpaired) electrons. The molecule has 3 aromatic rings. The number of hydrogen-bond donors (Lipinski definition) is 2. The Bertz CT molecular complexity index is 1310. The Labute approximate surface area is 217 Å². The molecule has 2 N–H and O–H groups in total. The van der Waals surface area contributed by atoms with Crippen LogP contribution in [0.2, 0.25) is 10.0 Å². The van der Waals surface area contributed by atoms with E-state index in [1.54, 1.807) is 54.6 Å². The molecule has 1 heterocycles. The monoisotopic (exact) mass is 527 g/mol. The van der Waals surface area contributed by atoms with Crippen LogP contribution in [0.5, 0.6) is 0 Å². The van der Waals surface area contributed by atoms with Crippen molar-refractivity contribution in [2.45, 2.75) is 19.6 Å². The predicted octanol–water partition coefficient (Wildman–Crippen LogP) is 5.03. The van der Waals surface area contributed by atoms with Crippen LogP contribution in [0.15, 0.2) is 83.5 Å². The molecule has 6 nitrogen and oxygen atoms in total. The second-order valence-corrected chi connectivity index (χ2v) is 9.06. The molecule has 3 amide bonds. The number of benzene rings is 3. The van der Waals surface area contributed by atoms with Crippen LogP contribution in [0.3, 0.4) is 0 Å². The quantitative estimate of drug-likeness (QED) is 0.402. The lowest BCUT2D eigenvalue weighted by molar-refractivity contribution is -0.138. The summed E-state index contributed by atoms with van der Waals surface area (Å²) in [5.41, 5.74) is 2.92. The van der Waals surface area contributed by atoms with Crippen molar-refractivity contribution in [3.05, 3.63) is 116 Å². The van der Waals surface area contributed by atoms with Crippen LogP contribution in [0, 0.1) is 0 Å². The number of nitrogens with zero attached hydrogens (tertiary/aromatic N) is 1. The molecule has 4 rings (SSSR count). The summed E-state index contributed by atoms with van der Waals surface area (Å²) in [4.78, 5) is 38.8. The van der Waals surface area contributed by atoms with Crippen molar-refractivity contribution in [3.63, 3.8) is 0 Å². The molecule has 0 aliphatic carbocycles. The van der Waals surface area contributed by atoms with Crippen molar-refractivity contribution in [1.29, 1.82) is 0 Å². The van der Waals surface area contributed by atoms with Gasteiger partial charge in [0.2, 0.25) is 0 Å². The van der Waals surface area contributed by atoms with E-state index in [2.05, 4.69) is 10.6 Å². The third-order valence-corrected chi connectivity index (χ3v) is 6.42. The molecule has 1 aliphatic rings. The maximum atomic E-state index is 12.8. The molecule has 3 aromatic carbocycles. The Balaban J connectivity index is 1.33. The third kappa shape index (κ3) is 5.85. The van der Waals surface area contributed by atoms with Crippen molar-refractivity contribution in [1.82, 2.24) is 15.5 Å². The zero-order valence-corrected chi connectivity index (χ0v) is 20.6. The molecule has 0 saturated carbocycles. The van der Waals surface area contributed by atoms with Crippen molar-refractivity contribution in [2.24, 2.45) is 0 Å². The number of nitrogens with one attached hydrogen (secondary N) is 2. The van der Waals surface area contributed by atoms with E-state index in [-0.39, 0.29) is 29.7 Å². The molecule has 0 spiro atoms. The zero-order chi connectivity index (χ0) is 24.9. The number of halogens is 3. The van der Waals surface area contributed by atoms with Gasteiger partial charge < -0.3 is 10.6 Å². The minimum absolute atomic E-state index is 0.0483. The molecule has 0 saturated heterocycles. The van der Waals surface area contributed by atoms with Gasteiger partial charge in [-0.05, 0) is 47.0 Å². The van der Waals surface area contributed by atoms with E-state index in [0.29, 0.717) is 22.2 Å². The summed E-state index contributed by atoms with van der Waals surface area (Å²) in [6.07, 6.45) is 0. The maximum absolute atomic E-state index is 12.8. The lowest BCUT2D eigenvalue weighted by Gasteiger charge is -2.15. The topological polar surface area (TPSA) is 78.5 Å². The number of carbonyl (C=O) groups is 3. The Kier molecular flexibility index (Phi) is 7.76. The zero-order valence-electron chi connectivity index (χ0n) is 18.4. The standard InChI is InChI=1S/C26H20Cl3N3O3/c27-20-11-7-17(8-12-20)15-32-25(34)22(29)23(26(32)35)30-13-16-5-9-18(10-6-16)24(33)31-14-19-3-1-2-4-21(19)28/h1-12,30H,13-15H2,(H,31,33). The summed E-state index contributed by atoms with van der Waals surface area (Å²) in [6.45, 7) is 0.659. The fourth-order valence-electron chi connectivity index (χ4n) is 3.50. The van der Waals surface area contributed by atoms with E-state index >= 15 is 0 Å². The predicted molar refractivity (Wildman–Crippen MR) is 136 cm³/mol. The van der Waals surface area contributed by atoms with E-state index in [0.717, 1.165) is 21.6 Å². The molecule has 0 bridgehead atoms. The SMILES string of the molecule is O=C(NCc1ccccc1Cl)c1ccc(CNC2=C(Cl)C(=O)N(Cc3ccc(Cl)cc3)C2=O)cc1. The molecule has 178 valence electrons. The van der Waals surface area contributed by atoms with Crippen molar-refractivity contribution in [3.8, 4) is 0 Å². The lowest BCUT2D eigenvalue weighted by Crippen LogP contribution is -2.33. The second-order valence-electron chi connectivity index (χ2n) is 7.84. The van der Waals surface area contributed by atoms with Crippen LogP contribution < -0.4 is 10.6 Å². The Morgan fingerprint density at radius 1 is 0.771 bits per heavy atom. The Morgan fingerprint density at radius 2 is 1.43 bits per heavy atom. The first-order valence-electron chi connectivity index (χ1n) is 10.7. The van der Waals surface area contributed by atoms with Crippen LogP contribution in [0.4, 0.5) is 0 Å². The number of rotatable bonds is 8. The van der Waals surface area contributed by atoms with E-state index in [4.69, 9.17) is 34.8 Å². The average Bonchev–Trinajstić information content (AvgIpc) is 3.06. The van der Waals surface area contributed by atoms with Gasteiger partial charge in [-0.1, -0.05) is 77.3 Å². The Hall–Kier alpha value is -3.32. The van der Waals surface area contributed by atoms with E-state index in [1.807, 2.05) is 18.2 Å². The van der Waals surface area contributed by atoms with Gasteiger partial charge in [0.25, 0.3) is 17.7 Å². The highest BCUT2D eigenvalue weighted by molar-refractivity contribution is 6.47. The fraction of sp³-hybridized carbons (Fsp3) is 0.115. The molecule has 9 heteroatoms. The van der Waals surface area contributed by atoms with Gasteiger partial charge in [0.15, 0.2) is 0 Å². The van der Waals surface area contributed by atoms with Gasteiger partial charge in [-0.2, -0.15) is 0 Å². The van der Waals surface area contributed by atoms with Gasteiger partial charge in [0, 0.05) is 28.7 Å². The number of hydrogen-bond acceptors (Lipinski definition) is 4. The Morgan fingerprint density at radius 3 is 2.11 bits per heavy atom. The average molecular weight is 529 g/mol. The van der Waals surface area contributed by atoms with Gasteiger partial charge in [-0.15, -0.1) is 0 Å². The van der Waals surface area contributed by atoms with E-state index in [9.17, 15) is 14.4 Å². The van der Waals surface area contributed by atoms with Crippen LogP contribution in [-0.4, -0.2) is 22.6 Å².